The SMILES string of the molecule is O=C(Oc1ccc(OC(=O)c2ccc(OCCCCC3CO3)cc2)c(F)c1F)c1ccc(OCCCCC2CO2)cc1. The molecule has 0 aliphatic carbocycles. The van der Waals surface area contributed by atoms with E-state index in [2.05, 4.69) is 0 Å². The summed E-state index contributed by atoms with van der Waals surface area (Å²) in [4.78, 5) is 25.0. The number of halogens is 2. The van der Waals surface area contributed by atoms with Crippen LogP contribution in [0.25, 0.3) is 0 Å². The molecule has 2 unspecified atom stereocenters. The van der Waals surface area contributed by atoms with Crippen molar-refractivity contribution < 1.29 is 46.8 Å². The minimum absolute atomic E-state index is 0.129. The summed E-state index contributed by atoms with van der Waals surface area (Å²) in [5.74, 6) is -4.79. The smallest absolute Gasteiger partial charge is 0.343 e. The molecule has 0 radical (unpaired) electrons. The molecular weight excluding hydrogens is 550 g/mol. The Balaban J connectivity index is 1.08. The second-order valence-corrected chi connectivity index (χ2v) is 10.1. The van der Waals surface area contributed by atoms with E-state index in [1.807, 2.05) is 0 Å². The van der Waals surface area contributed by atoms with E-state index in [0.29, 0.717) is 36.9 Å². The molecule has 2 atom stereocenters. The van der Waals surface area contributed by atoms with Gasteiger partial charge in [-0.25, -0.2) is 9.59 Å². The first-order valence-electron chi connectivity index (χ1n) is 14.1. The zero-order valence-corrected chi connectivity index (χ0v) is 23.0. The standard InChI is InChI=1S/C32H32F2O8/c33-29-27(41-31(35)21-7-11-23(12-8-21)37-17-3-1-5-25-19-39-25)15-16-28(30(29)34)42-32(36)22-9-13-24(14-10-22)38-18-4-2-6-26-20-40-26/h7-16,25-26H,1-6,17-20H2. The minimum Gasteiger partial charge on any atom is -0.494 e. The lowest BCUT2D eigenvalue weighted by molar-refractivity contribution is 0.0706. The summed E-state index contributed by atoms with van der Waals surface area (Å²) in [6, 6.07) is 14.3. The molecular formula is C32H32F2O8. The number of hydrogen-bond acceptors (Lipinski definition) is 8. The summed E-state index contributed by atoms with van der Waals surface area (Å²) in [6.45, 7) is 2.76. The zero-order valence-electron chi connectivity index (χ0n) is 23.0. The molecule has 0 saturated carbocycles. The van der Waals surface area contributed by atoms with Crippen molar-refractivity contribution in [2.24, 2.45) is 0 Å². The van der Waals surface area contributed by atoms with Gasteiger partial charge < -0.3 is 28.4 Å². The van der Waals surface area contributed by atoms with E-state index in [-0.39, 0.29) is 11.1 Å². The fourth-order valence-electron chi connectivity index (χ4n) is 4.16. The van der Waals surface area contributed by atoms with Crippen molar-refractivity contribution in [3.63, 3.8) is 0 Å². The van der Waals surface area contributed by atoms with Crippen LogP contribution >= 0.6 is 0 Å². The van der Waals surface area contributed by atoms with E-state index in [1.54, 1.807) is 24.3 Å². The van der Waals surface area contributed by atoms with Gasteiger partial charge in [-0.05, 0) is 99.2 Å². The van der Waals surface area contributed by atoms with Crippen LogP contribution in [0.15, 0.2) is 60.7 Å². The van der Waals surface area contributed by atoms with E-state index in [9.17, 15) is 18.4 Å². The second-order valence-electron chi connectivity index (χ2n) is 10.1. The minimum atomic E-state index is -1.46. The molecule has 222 valence electrons. The average Bonchev–Trinajstić information content (AvgIpc) is 3.94. The third-order valence-electron chi connectivity index (χ3n) is 6.78. The first-order chi connectivity index (χ1) is 20.5. The number of unbranched alkanes of at least 4 members (excludes halogenated alkanes) is 2. The van der Waals surface area contributed by atoms with Gasteiger partial charge in [-0.3, -0.25) is 0 Å². The number of benzene rings is 3. The summed E-state index contributed by atoms with van der Waals surface area (Å²) in [7, 11) is 0. The van der Waals surface area contributed by atoms with Crippen molar-refractivity contribution in [3.8, 4) is 23.0 Å². The van der Waals surface area contributed by atoms with Crippen molar-refractivity contribution >= 4 is 11.9 Å². The monoisotopic (exact) mass is 582 g/mol. The first kappa shape index (κ1) is 29.5. The Hall–Kier alpha value is -4.02. The molecule has 0 amide bonds. The second kappa shape index (κ2) is 14.2. The third kappa shape index (κ3) is 8.74. The number of hydrogen-bond donors (Lipinski definition) is 0. The zero-order chi connectivity index (χ0) is 29.3. The molecule has 5 rings (SSSR count). The molecule has 0 spiro atoms. The predicted molar refractivity (Wildman–Crippen MR) is 147 cm³/mol. The maximum Gasteiger partial charge on any atom is 0.343 e. The molecule has 2 saturated heterocycles. The lowest BCUT2D eigenvalue weighted by atomic mass is 10.2. The largest absolute Gasteiger partial charge is 0.494 e. The van der Waals surface area contributed by atoms with Gasteiger partial charge in [0.05, 0.1) is 49.8 Å². The summed E-state index contributed by atoms with van der Waals surface area (Å²) >= 11 is 0. The Morgan fingerprint density at radius 2 is 1.00 bits per heavy atom. The summed E-state index contributed by atoms with van der Waals surface area (Å²) in [6.07, 6.45) is 6.64. The van der Waals surface area contributed by atoms with Gasteiger partial charge in [-0.15, -0.1) is 0 Å². The number of epoxide rings is 2. The van der Waals surface area contributed by atoms with Crippen molar-refractivity contribution in [3.05, 3.63) is 83.4 Å². The van der Waals surface area contributed by atoms with Gasteiger partial charge in [0, 0.05) is 0 Å². The summed E-state index contributed by atoms with van der Waals surface area (Å²) < 4.78 is 61.1. The van der Waals surface area contributed by atoms with Gasteiger partial charge in [-0.1, -0.05) is 0 Å². The van der Waals surface area contributed by atoms with E-state index >= 15 is 0 Å². The number of esters is 2. The van der Waals surface area contributed by atoms with Crippen molar-refractivity contribution in [1.29, 1.82) is 0 Å². The van der Waals surface area contributed by atoms with Gasteiger partial charge in [0.1, 0.15) is 11.5 Å². The molecule has 10 heteroatoms. The Morgan fingerprint density at radius 3 is 1.36 bits per heavy atom. The molecule has 8 nitrogen and oxygen atoms in total. The predicted octanol–water partition coefficient (Wildman–Crippen LogP) is 6.30. The fraction of sp³-hybridized carbons (Fsp3) is 0.375. The third-order valence-corrected chi connectivity index (χ3v) is 6.78. The lowest BCUT2D eigenvalue weighted by Crippen LogP contribution is -2.12. The molecule has 0 bridgehead atoms. The van der Waals surface area contributed by atoms with Gasteiger partial charge in [0.2, 0.25) is 11.6 Å². The molecule has 2 fully saturated rings. The highest BCUT2D eigenvalue weighted by molar-refractivity contribution is 5.92. The number of ether oxygens (including phenoxy) is 6. The van der Waals surface area contributed by atoms with Crippen LogP contribution in [0.5, 0.6) is 23.0 Å². The van der Waals surface area contributed by atoms with Crippen LogP contribution in [0.3, 0.4) is 0 Å². The van der Waals surface area contributed by atoms with Crippen LogP contribution in [0.1, 0.15) is 59.2 Å². The fourth-order valence-corrected chi connectivity index (χ4v) is 4.16. The Kier molecular flexibility index (Phi) is 9.99. The van der Waals surface area contributed by atoms with Gasteiger partial charge >= 0.3 is 11.9 Å². The van der Waals surface area contributed by atoms with Crippen LogP contribution in [0.2, 0.25) is 0 Å². The topological polar surface area (TPSA) is 96.1 Å². The highest BCUT2D eigenvalue weighted by Gasteiger charge is 2.23. The number of carbonyl (C=O) groups is 2. The maximum absolute atomic E-state index is 14.7. The Morgan fingerprint density at radius 1 is 0.619 bits per heavy atom. The molecule has 0 N–H and O–H groups in total. The number of carbonyl (C=O) groups excluding carboxylic acids is 2. The summed E-state index contributed by atoms with van der Waals surface area (Å²) in [5, 5.41) is 0. The number of rotatable bonds is 16. The molecule has 42 heavy (non-hydrogen) atoms. The molecule has 2 aliphatic rings. The van der Waals surface area contributed by atoms with Crippen LogP contribution in [0.4, 0.5) is 8.78 Å². The van der Waals surface area contributed by atoms with Gasteiger partial charge in [0.15, 0.2) is 11.5 Å². The Labute approximate surface area is 242 Å². The molecule has 2 heterocycles. The van der Waals surface area contributed by atoms with Crippen LogP contribution in [-0.2, 0) is 9.47 Å². The molecule has 0 aromatic heterocycles. The highest BCUT2D eigenvalue weighted by Crippen LogP contribution is 2.29. The van der Waals surface area contributed by atoms with Crippen LogP contribution < -0.4 is 18.9 Å². The summed E-state index contributed by atoms with van der Waals surface area (Å²) in [5.41, 5.74) is 0.257. The van der Waals surface area contributed by atoms with Gasteiger partial charge in [0.25, 0.3) is 0 Å². The van der Waals surface area contributed by atoms with Crippen molar-refractivity contribution in [1.82, 2.24) is 0 Å². The van der Waals surface area contributed by atoms with Crippen LogP contribution in [0, 0.1) is 11.6 Å². The average molecular weight is 583 g/mol. The first-order valence-corrected chi connectivity index (χ1v) is 14.1. The van der Waals surface area contributed by atoms with Crippen LogP contribution in [-0.4, -0.2) is 50.6 Å². The Bertz CT molecular complexity index is 1250. The normalized spacial score (nSPS) is 16.9. The van der Waals surface area contributed by atoms with Crippen molar-refractivity contribution in [2.75, 3.05) is 26.4 Å². The van der Waals surface area contributed by atoms with E-state index in [0.717, 1.165) is 63.9 Å². The quantitative estimate of drug-likeness (QED) is 0.0841. The molecule has 2 aliphatic heterocycles. The van der Waals surface area contributed by atoms with E-state index in [4.69, 9.17) is 28.4 Å². The van der Waals surface area contributed by atoms with Crippen molar-refractivity contribution in [2.45, 2.75) is 50.7 Å². The van der Waals surface area contributed by atoms with E-state index < -0.39 is 35.1 Å². The highest BCUT2D eigenvalue weighted by atomic mass is 19.2. The molecule has 3 aromatic carbocycles. The van der Waals surface area contributed by atoms with E-state index in [1.165, 1.54) is 24.3 Å². The maximum atomic E-state index is 14.7. The molecule has 3 aromatic rings. The lowest BCUT2D eigenvalue weighted by Gasteiger charge is -2.11. The van der Waals surface area contributed by atoms with Gasteiger partial charge in [-0.2, -0.15) is 8.78 Å².